The number of terminal acetylenes is 2. The number of hydrogen-bond donors (Lipinski definition) is 3. The molecule has 0 aliphatic carbocycles. The molecule has 0 heterocycles. The van der Waals surface area contributed by atoms with Crippen LogP contribution in [-0.4, -0.2) is 65.8 Å². The molecule has 10 heteroatoms. The van der Waals surface area contributed by atoms with Crippen LogP contribution in [0.5, 0.6) is 0 Å². The molecule has 0 fully saturated rings. The maximum absolute atomic E-state index is 13.1. The fourth-order valence-electron chi connectivity index (χ4n) is 2.58. The van der Waals surface area contributed by atoms with E-state index in [1.807, 2.05) is 0 Å². The van der Waals surface area contributed by atoms with Crippen molar-refractivity contribution in [2.24, 2.45) is 0 Å². The molecule has 2 unspecified atom stereocenters. The number of nitrogens with zero attached hydrogens (tertiary/aromatic N) is 1. The molecule has 0 aliphatic heterocycles. The second kappa shape index (κ2) is 12.1. The van der Waals surface area contributed by atoms with Gasteiger partial charge in [-0.2, -0.15) is 0 Å². The summed E-state index contributed by atoms with van der Waals surface area (Å²) >= 11 is 0. The zero-order valence-corrected chi connectivity index (χ0v) is 18.9. The number of esters is 1. The van der Waals surface area contributed by atoms with Gasteiger partial charge >= 0.3 is 12.1 Å². The highest BCUT2D eigenvalue weighted by molar-refractivity contribution is 5.94. The van der Waals surface area contributed by atoms with Crippen molar-refractivity contribution >= 4 is 23.9 Å². The molecule has 0 bridgehead atoms. The van der Waals surface area contributed by atoms with Crippen molar-refractivity contribution in [3.63, 3.8) is 0 Å². The lowest BCUT2D eigenvalue weighted by molar-refractivity contribution is -0.143. The van der Waals surface area contributed by atoms with Gasteiger partial charge in [-0.15, -0.1) is 6.42 Å². The van der Waals surface area contributed by atoms with Crippen LogP contribution in [0.25, 0.3) is 0 Å². The molecule has 3 amide bonds. The van der Waals surface area contributed by atoms with E-state index < -0.39 is 54.7 Å². The minimum absolute atomic E-state index is 0.275. The molecule has 10 nitrogen and oxygen atoms in total. The Bertz CT molecular complexity index is 952. The fraction of sp³-hybridized carbons (Fsp3) is 0.391. The van der Waals surface area contributed by atoms with Gasteiger partial charge in [-0.1, -0.05) is 24.5 Å². The SMILES string of the molecule is C#Cc1ccc(C(C(=O)NCC(=O)OC)N(C#C)C(=O)C(CO)NC(=O)OC(C)(C)C)cc1. The topological polar surface area (TPSA) is 134 Å². The number of nitrogens with one attached hydrogen (secondary N) is 2. The summed E-state index contributed by atoms with van der Waals surface area (Å²) in [5.41, 5.74) is -0.0592. The average Bonchev–Trinajstić information content (AvgIpc) is 2.77. The number of carbonyl (C=O) groups excluding carboxylic acids is 4. The molecule has 0 aromatic heterocycles. The maximum Gasteiger partial charge on any atom is 0.408 e. The van der Waals surface area contributed by atoms with Crippen molar-refractivity contribution in [3.05, 3.63) is 35.4 Å². The van der Waals surface area contributed by atoms with Crippen molar-refractivity contribution in [1.29, 1.82) is 0 Å². The van der Waals surface area contributed by atoms with E-state index in [1.165, 1.54) is 24.3 Å². The monoisotopic (exact) mass is 457 g/mol. The minimum atomic E-state index is -1.50. The van der Waals surface area contributed by atoms with Crippen LogP contribution in [0.1, 0.15) is 37.9 Å². The van der Waals surface area contributed by atoms with Crippen LogP contribution in [0.15, 0.2) is 24.3 Å². The van der Waals surface area contributed by atoms with Gasteiger partial charge in [0.15, 0.2) is 0 Å². The summed E-state index contributed by atoms with van der Waals surface area (Å²) in [5, 5.41) is 14.3. The van der Waals surface area contributed by atoms with E-state index in [2.05, 4.69) is 27.3 Å². The molecule has 3 N–H and O–H groups in total. The number of amides is 3. The van der Waals surface area contributed by atoms with Crippen molar-refractivity contribution < 1.29 is 33.8 Å². The molecular weight excluding hydrogens is 430 g/mol. The van der Waals surface area contributed by atoms with E-state index in [0.29, 0.717) is 10.5 Å². The lowest BCUT2D eigenvalue weighted by Crippen LogP contribution is -2.53. The number of rotatable bonds is 8. The Kier molecular flexibility index (Phi) is 9.93. The highest BCUT2D eigenvalue weighted by Crippen LogP contribution is 2.22. The second-order valence-electron chi connectivity index (χ2n) is 7.68. The number of carbonyl (C=O) groups is 4. The van der Waals surface area contributed by atoms with Gasteiger partial charge in [0.1, 0.15) is 24.2 Å². The van der Waals surface area contributed by atoms with Gasteiger partial charge in [-0.25, -0.2) is 4.79 Å². The molecule has 0 radical (unpaired) electrons. The largest absolute Gasteiger partial charge is 0.468 e. The summed E-state index contributed by atoms with van der Waals surface area (Å²) in [4.78, 5) is 50.2. The quantitative estimate of drug-likeness (QED) is 0.290. The van der Waals surface area contributed by atoms with Gasteiger partial charge in [-0.05, 0) is 38.5 Å². The molecule has 0 saturated heterocycles. The van der Waals surface area contributed by atoms with Crippen LogP contribution in [0.3, 0.4) is 0 Å². The number of aliphatic hydroxyl groups excluding tert-OH is 1. The van der Waals surface area contributed by atoms with E-state index in [1.54, 1.807) is 20.8 Å². The van der Waals surface area contributed by atoms with E-state index >= 15 is 0 Å². The van der Waals surface area contributed by atoms with Crippen LogP contribution < -0.4 is 10.6 Å². The summed E-state index contributed by atoms with van der Waals surface area (Å²) in [6, 6.07) is 5.26. The third-order valence-corrected chi connectivity index (χ3v) is 4.08. The third-order valence-electron chi connectivity index (χ3n) is 4.08. The van der Waals surface area contributed by atoms with E-state index in [9.17, 15) is 24.3 Å². The lowest BCUT2D eigenvalue weighted by atomic mass is 10.0. The van der Waals surface area contributed by atoms with Crippen LogP contribution in [-0.2, 0) is 23.9 Å². The summed E-state index contributed by atoms with van der Waals surface area (Å²) in [7, 11) is 1.15. The lowest BCUT2D eigenvalue weighted by Gasteiger charge is -2.29. The van der Waals surface area contributed by atoms with E-state index in [-0.39, 0.29) is 5.56 Å². The van der Waals surface area contributed by atoms with Crippen LogP contribution in [0.2, 0.25) is 0 Å². The Morgan fingerprint density at radius 1 is 1.15 bits per heavy atom. The van der Waals surface area contributed by atoms with Crippen molar-refractivity contribution in [2.75, 3.05) is 20.3 Å². The number of aliphatic hydroxyl groups is 1. The van der Waals surface area contributed by atoms with Gasteiger partial charge in [0, 0.05) is 11.6 Å². The zero-order chi connectivity index (χ0) is 25.2. The Morgan fingerprint density at radius 3 is 2.21 bits per heavy atom. The number of benzene rings is 1. The molecule has 0 spiro atoms. The molecular formula is C23H27N3O7. The van der Waals surface area contributed by atoms with E-state index in [0.717, 1.165) is 7.11 Å². The first-order valence-corrected chi connectivity index (χ1v) is 9.78. The average molecular weight is 457 g/mol. The summed E-state index contributed by atoms with van der Waals surface area (Å²) < 4.78 is 9.59. The van der Waals surface area contributed by atoms with Crippen LogP contribution >= 0.6 is 0 Å². The molecule has 176 valence electrons. The van der Waals surface area contributed by atoms with Crippen molar-refractivity contribution in [1.82, 2.24) is 15.5 Å². The van der Waals surface area contributed by atoms with Gasteiger partial charge in [0.2, 0.25) is 5.91 Å². The number of hydrogen-bond acceptors (Lipinski definition) is 7. The molecule has 1 aromatic rings. The zero-order valence-electron chi connectivity index (χ0n) is 18.9. The van der Waals surface area contributed by atoms with Crippen LogP contribution in [0, 0.1) is 24.8 Å². The predicted molar refractivity (Wildman–Crippen MR) is 118 cm³/mol. The Morgan fingerprint density at radius 2 is 1.76 bits per heavy atom. The molecule has 0 aliphatic rings. The highest BCUT2D eigenvalue weighted by Gasteiger charge is 2.35. The molecule has 2 atom stereocenters. The van der Waals surface area contributed by atoms with Gasteiger partial charge in [0.05, 0.1) is 13.7 Å². The Hall–Kier alpha value is -4.02. The minimum Gasteiger partial charge on any atom is -0.468 e. The predicted octanol–water partition coefficient (Wildman–Crippen LogP) is 0.303. The standard InChI is InChI=1S/C23H27N3O7/c1-7-15-9-11-16(12-10-15)19(20(29)24-13-18(28)32-6)26(8-2)21(30)17(14-27)25-22(31)33-23(3,4)5/h1-2,9-12,17,19,27H,13-14H2,3-6H3,(H,24,29)(H,25,31). The smallest absolute Gasteiger partial charge is 0.408 e. The van der Waals surface area contributed by atoms with E-state index in [4.69, 9.17) is 17.6 Å². The van der Waals surface area contributed by atoms with Crippen LogP contribution in [0.4, 0.5) is 4.79 Å². The summed E-state index contributed by atoms with van der Waals surface area (Å²) in [6.45, 7) is 3.58. The van der Waals surface area contributed by atoms with Gasteiger partial charge < -0.3 is 25.2 Å². The number of alkyl carbamates (subject to hydrolysis) is 1. The normalized spacial score (nSPS) is 12.2. The van der Waals surface area contributed by atoms with Gasteiger partial charge in [-0.3, -0.25) is 19.3 Å². The third kappa shape index (κ3) is 8.20. The second-order valence-corrected chi connectivity index (χ2v) is 7.68. The first kappa shape index (κ1) is 27.0. The van der Waals surface area contributed by atoms with Crippen molar-refractivity contribution in [2.45, 2.75) is 38.5 Å². The number of methoxy groups -OCH3 is 1. The van der Waals surface area contributed by atoms with Crippen molar-refractivity contribution in [3.8, 4) is 24.8 Å². The first-order valence-electron chi connectivity index (χ1n) is 9.78. The molecule has 1 aromatic carbocycles. The maximum atomic E-state index is 13.1. The summed E-state index contributed by atoms with van der Waals surface area (Å²) in [6.07, 6.45) is 9.93. The first-order chi connectivity index (χ1) is 15.5. The highest BCUT2D eigenvalue weighted by atomic mass is 16.6. The molecule has 0 saturated carbocycles. The summed E-state index contributed by atoms with van der Waals surface area (Å²) in [5.74, 6) is -0.0435. The fourth-order valence-corrected chi connectivity index (χ4v) is 2.58. The Balaban J connectivity index is 3.27. The molecule has 33 heavy (non-hydrogen) atoms. The molecule has 1 rings (SSSR count). The Labute approximate surface area is 192 Å². The number of ether oxygens (including phenoxy) is 2. The van der Waals surface area contributed by atoms with Gasteiger partial charge in [0.25, 0.3) is 5.91 Å².